The molecule has 0 saturated carbocycles. The van der Waals surface area contributed by atoms with Gasteiger partial charge < -0.3 is 5.73 Å². The van der Waals surface area contributed by atoms with Crippen LogP contribution in [0.2, 0.25) is 0 Å². The summed E-state index contributed by atoms with van der Waals surface area (Å²) in [5.74, 6) is 2.69. The third-order valence-electron chi connectivity index (χ3n) is 1.77. The first-order valence-corrected chi connectivity index (χ1v) is 4.64. The van der Waals surface area contributed by atoms with Crippen molar-refractivity contribution < 1.29 is 0 Å². The molecule has 1 atom stereocenters. The molecule has 5 nitrogen and oxygen atoms in total. The van der Waals surface area contributed by atoms with E-state index in [0.717, 1.165) is 12.2 Å². The van der Waals surface area contributed by atoms with Gasteiger partial charge in [-0.2, -0.15) is 11.8 Å². The number of nitrogens with zero attached hydrogens (tertiary/aromatic N) is 4. The summed E-state index contributed by atoms with van der Waals surface area (Å²) in [7, 11) is 0. The standard InChI is InChI=1S/C5H9N5S/c6-5-7-8-9-10(5)4-1-2-11-3-4/h4H,1-3H2,(H2,6,7,9). The largest absolute Gasteiger partial charge is 0.367 e. The maximum Gasteiger partial charge on any atom is 0.240 e. The van der Waals surface area contributed by atoms with Gasteiger partial charge in [0, 0.05) is 5.75 Å². The first-order chi connectivity index (χ1) is 5.38. The van der Waals surface area contributed by atoms with E-state index in [2.05, 4.69) is 15.5 Å². The minimum Gasteiger partial charge on any atom is -0.367 e. The zero-order valence-corrected chi connectivity index (χ0v) is 6.79. The summed E-state index contributed by atoms with van der Waals surface area (Å²) < 4.78 is 1.71. The average Bonchev–Trinajstić information content (AvgIpc) is 2.55. The van der Waals surface area contributed by atoms with Gasteiger partial charge in [-0.1, -0.05) is 5.10 Å². The van der Waals surface area contributed by atoms with Crippen LogP contribution in [0.25, 0.3) is 0 Å². The van der Waals surface area contributed by atoms with Crippen LogP contribution in [0, 0.1) is 0 Å². The highest BCUT2D eigenvalue weighted by molar-refractivity contribution is 7.99. The molecule has 2 rings (SSSR count). The maximum absolute atomic E-state index is 5.54. The molecule has 1 saturated heterocycles. The summed E-state index contributed by atoms with van der Waals surface area (Å²) in [4.78, 5) is 0. The fraction of sp³-hybridized carbons (Fsp3) is 0.800. The number of tetrazole rings is 1. The van der Waals surface area contributed by atoms with Crippen molar-refractivity contribution in [3.8, 4) is 0 Å². The zero-order valence-electron chi connectivity index (χ0n) is 5.97. The molecule has 1 aromatic rings. The summed E-state index contributed by atoms with van der Waals surface area (Å²) >= 11 is 1.92. The van der Waals surface area contributed by atoms with Gasteiger partial charge in [-0.3, -0.25) is 0 Å². The van der Waals surface area contributed by atoms with Crippen molar-refractivity contribution in [3.05, 3.63) is 0 Å². The predicted octanol–water partition coefficient (Wildman–Crippen LogP) is -0.0667. The van der Waals surface area contributed by atoms with Crippen molar-refractivity contribution in [1.82, 2.24) is 20.2 Å². The Morgan fingerprint density at radius 2 is 2.55 bits per heavy atom. The first kappa shape index (κ1) is 6.90. The maximum atomic E-state index is 5.54. The second kappa shape index (κ2) is 2.69. The Labute approximate surface area is 68.3 Å². The molecule has 60 valence electrons. The van der Waals surface area contributed by atoms with Gasteiger partial charge in [0.25, 0.3) is 0 Å². The molecule has 0 aliphatic carbocycles. The van der Waals surface area contributed by atoms with Gasteiger partial charge in [0.2, 0.25) is 5.95 Å². The van der Waals surface area contributed by atoms with Crippen molar-refractivity contribution in [2.75, 3.05) is 17.2 Å². The second-order valence-corrected chi connectivity index (χ2v) is 3.65. The monoisotopic (exact) mass is 171 g/mol. The third-order valence-corrected chi connectivity index (χ3v) is 2.91. The van der Waals surface area contributed by atoms with Gasteiger partial charge >= 0.3 is 0 Å². The van der Waals surface area contributed by atoms with E-state index >= 15 is 0 Å². The van der Waals surface area contributed by atoms with E-state index in [4.69, 9.17) is 5.73 Å². The molecule has 2 N–H and O–H groups in total. The average molecular weight is 171 g/mol. The minimum atomic E-state index is 0.412. The number of rotatable bonds is 1. The molecule has 1 aliphatic rings. The Morgan fingerprint density at radius 1 is 1.64 bits per heavy atom. The molecule has 11 heavy (non-hydrogen) atoms. The van der Waals surface area contributed by atoms with Gasteiger partial charge in [0.15, 0.2) is 0 Å². The van der Waals surface area contributed by atoms with E-state index < -0.39 is 0 Å². The normalized spacial score (nSPS) is 24.2. The lowest BCUT2D eigenvalue weighted by Crippen LogP contribution is -2.12. The number of nitrogen functional groups attached to an aromatic ring is 1. The van der Waals surface area contributed by atoms with Crippen LogP contribution < -0.4 is 5.73 Å². The SMILES string of the molecule is Nc1nnnn1C1CCSC1. The molecule has 0 amide bonds. The second-order valence-electron chi connectivity index (χ2n) is 2.50. The Bertz CT molecular complexity index is 241. The van der Waals surface area contributed by atoms with E-state index in [1.165, 1.54) is 5.75 Å². The van der Waals surface area contributed by atoms with Gasteiger partial charge in [0.1, 0.15) is 0 Å². The molecule has 1 aromatic heterocycles. The number of hydrogen-bond donors (Lipinski definition) is 1. The molecule has 1 aliphatic heterocycles. The van der Waals surface area contributed by atoms with Crippen molar-refractivity contribution in [3.63, 3.8) is 0 Å². The van der Waals surface area contributed by atoms with Crippen LogP contribution in [0.15, 0.2) is 0 Å². The summed E-state index contributed by atoms with van der Waals surface area (Å²) in [6.07, 6.45) is 1.12. The number of anilines is 1. The lowest BCUT2D eigenvalue weighted by atomic mass is 10.3. The van der Waals surface area contributed by atoms with Gasteiger partial charge in [-0.05, 0) is 22.6 Å². The van der Waals surface area contributed by atoms with E-state index in [0.29, 0.717) is 12.0 Å². The highest BCUT2D eigenvalue weighted by Gasteiger charge is 2.20. The Hall–Kier alpha value is -0.780. The molecular formula is C5H9N5S. The highest BCUT2D eigenvalue weighted by Crippen LogP contribution is 2.27. The molecule has 0 bridgehead atoms. The molecule has 6 heteroatoms. The topological polar surface area (TPSA) is 69.6 Å². The van der Waals surface area contributed by atoms with Crippen LogP contribution in [0.1, 0.15) is 12.5 Å². The summed E-state index contributed by atoms with van der Waals surface area (Å²) in [6.45, 7) is 0. The quantitative estimate of drug-likeness (QED) is 0.640. The summed E-state index contributed by atoms with van der Waals surface area (Å²) in [6, 6.07) is 0.412. The van der Waals surface area contributed by atoms with E-state index in [9.17, 15) is 0 Å². The van der Waals surface area contributed by atoms with E-state index in [1.807, 2.05) is 11.8 Å². The minimum absolute atomic E-state index is 0.412. The fourth-order valence-corrected chi connectivity index (χ4v) is 2.36. The van der Waals surface area contributed by atoms with Crippen LogP contribution >= 0.6 is 11.8 Å². The van der Waals surface area contributed by atoms with Crippen molar-refractivity contribution in [1.29, 1.82) is 0 Å². The molecule has 0 spiro atoms. The van der Waals surface area contributed by atoms with Crippen molar-refractivity contribution in [2.45, 2.75) is 12.5 Å². The molecule has 0 aromatic carbocycles. The molecule has 1 unspecified atom stereocenters. The van der Waals surface area contributed by atoms with Crippen LogP contribution in [0.5, 0.6) is 0 Å². The summed E-state index contributed by atoms with van der Waals surface area (Å²) in [5.41, 5.74) is 5.54. The highest BCUT2D eigenvalue weighted by atomic mass is 32.2. The van der Waals surface area contributed by atoms with Crippen LogP contribution in [-0.4, -0.2) is 31.7 Å². The van der Waals surface area contributed by atoms with Gasteiger partial charge in [-0.25, -0.2) is 4.68 Å². The zero-order chi connectivity index (χ0) is 7.68. The van der Waals surface area contributed by atoms with Crippen molar-refractivity contribution >= 4 is 17.7 Å². The third kappa shape index (κ3) is 1.18. The van der Waals surface area contributed by atoms with Crippen molar-refractivity contribution in [2.24, 2.45) is 0 Å². The van der Waals surface area contributed by atoms with Gasteiger partial charge in [-0.15, -0.1) is 0 Å². The van der Waals surface area contributed by atoms with E-state index in [-0.39, 0.29) is 0 Å². The van der Waals surface area contributed by atoms with Crippen LogP contribution in [-0.2, 0) is 0 Å². The van der Waals surface area contributed by atoms with Gasteiger partial charge in [0.05, 0.1) is 6.04 Å². The number of aromatic nitrogens is 4. The molecule has 0 radical (unpaired) electrons. The Morgan fingerprint density at radius 3 is 3.09 bits per heavy atom. The lowest BCUT2D eigenvalue weighted by Gasteiger charge is -2.06. The number of thioether (sulfide) groups is 1. The smallest absolute Gasteiger partial charge is 0.240 e. The first-order valence-electron chi connectivity index (χ1n) is 3.49. The lowest BCUT2D eigenvalue weighted by molar-refractivity contribution is 0.493. The molecule has 1 fully saturated rings. The molecular weight excluding hydrogens is 162 g/mol. The molecule has 2 heterocycles. The predicted molar refractivity (Wildman–Crippen MR) is 43.2 cm³/mol. The van der Waals surface area contributed by atoms with Crippen LogP contribution in [0.4, 0.5) is 5.95 Å². The Balaban J connectivity index is 2.21. The number of hydrogen-bond acceptors (Lipinski definition) is 5. The fourth-order valence-electron chi connectivity index (χ4n) is 1.18. The van der Waals surface area contributed by atoms with Crippen LogP contribution in [0.3, 0.4) is 0 Å². The Kier molecular flexibility index (Phi) is 1.69. The number of nitrogens with two attached hydrogens (primary N) is 1. The summed E-state index contributed by atoms with van der Waals surface area (Å²) in [5, 5.41) is 10.9. The van der Waals surface area contributed by atoms with E-state index in [1.54, 1.807) is 4.68 Å².